The molecule has 0 amide bonds. The van der Waals surface area contributed by atoms with Gasteiger partial charge in [-0.15, -0.1) is 0 Å². The van der Waals surface area contributed by atoms with E-state index in [0.29, 0.717) is 29.0 Å². The molecule has 29 heavy (non-hydrogen) atoms. The highest BCUT2D eigenvalue weighted by Gasteiger charge is 2.11. The Bertz CT molecular complexity index is 1130. The molecule has 4 N–H and O–H groups in total. The first-order valence-electron chi connectivity index (χ1n) is 8.85. The van der Waals surface area contributed by atoms with Crippen molar-refractivity contribution in [3.63, 3.8) is 0 Å². The summed E-state index contributed by atoms with van der Waals surface area (Å²) in [4.78, 5) is 13.1. The first kappa shape index (κ1) is 18.8. The van der Waals surface area contributed by atoms with E-state index in [-0.39, 0.29) is 0 Å². The second-order valence-electron chi connectivity index (χ2n) is 6.16. The van der Waals surface area contributed by atoms with Crippen molar-refractivity contribution >= 4 is 44.0 Å². The summed E-state index contributed by atoms with van der Waals surface area (Å²) >= 11 is 1.50. The molecule has 2 aromatic carbocycles. The van der Waals surface area contributed by atoms with Gasteiger partial charge >= 0.3 is 0 Å². The summed E-state index contributed by atoms with van der Waals surface area (Å²) in [7, 11) is 3.29. The van der Waals surface area contributed by atoms with Crippen LogP contribution in [-0.2, 0) is 6.54 Å². The molecule has 148 valence electrons. The molecule has 0 spiro atoms. The van der Waals surface area contributed by atoms with Crippen LogP contribution < -0.4 is 25.8 Å². The SMILES string of the molecule is COc1ccc(CNc2ncnc(Nc3nc4ccc(OC)cc4s3)c2N)cc1. The highest BCUT2D eigenvalue weighted by atomic mass is 32.1. The van der Waals surface area contributed by atoms with E-state index in [9.17, 15) is 0 Å². The van der Waals surface area contributed by atoms with Crippen molar-refractivity contribution in [2.45, 2.75) is 6.54 Å². The number of hydrogen-bond donors (Lipinski definition) is 3. The standard InChI is InChI=1S/C20H20N6O2S/c1-27-13-5-3-12(4-6-13)10-22-18-17(21)19(24-11-23-18)26-20-25-15-8-7-14(28-2)9-16(15)29-20/h3-9,11H,10,21H2,1-2H3,(H2,22,23,24,25,26). The minimum Gasteiger partial charge on any atom is -0.497 e. The zero-order valence-electron chi connectivity index (χ0n) is 16.0. The van der Waals surface area contributed by atoms with Gasteiger partial charge in [-0.1, -0.05) is 23.5 Å². The molecule has 0 unspecified atom stereocenters. The average molecular weight is 408 g/mol. The Hall–Kier alpha value is -3.59. The topological polar surface area (TPSA) is 107 Å². The van der Waals surface area contributed by atoms with Gasteiger partial charge in [0.1, 0.15) is 23.5 Å². The van der Waals surface area contributed by atoms with Crippen LogP contribution in [0, 0.1) is 0 Å². The number of nitrogens with two attached hydrogens (primary N) is 1. The first-order chi connectivity index (χ1) is 14.2. The van der Waals surface area contributed by atoms with Crippen molar-refractivity contribution in [3.05, 3.63) is 54.4 Å². The predicted molar refractivity (Wildman–Crippen MR) is 116 cm³/mol. The van der Waals surface area contributed by atoms with Crippen LogP contribution in [0.25, 0.3) is 10.2 Å². The number of rotatable bonds is 7. The van der Waals surface area contributed by atoms with Gasteiger partial charge in [0.25, 0.3) is 0 Å². The third-order valence-corrected chi connectivity index (χ3v) is 5.26. The predicted octanol–water partition coefficient (Wildman–Crippen LogP) is 4.04. The van der Waals surface area contributed by atoms with Crippen molar-refractivity contribution < 1.29 is 9.47 Å². The summed E-state index contributed by atoms with van der Waals surface area (Å²) in [6.07, 6.45) is 1.46. The molecular weight excluding hydrogens is 388 g/mol. The van der Waals surface area contributed by atoms with Gasteiger partial charge in [-0.05, 0) is 35.9 Å². The second kappa shape index (κ2) is 8.19. The molecule has 2 heterocycles. The molecule has 0 radical (unpaired) electrons. The molecule has 4 aromatic rings. The number of nitrogens with one attached hydrogen (secondary N) is 2. The van der Waals surface area contributed by atoms with E-state index in [2.05, 4.69) is 25.6 Å². The van der Waals surface area contributed by atoms with Crippen LogP contribution in [0.5, 0.6) is 11.5 Å². The first-order valence-corrected chi connectivity index (χ1v) is 9.67. The summed E-state index contributed by atoms with van der Waals surface area (Å²) < 4.78 is 11.5. The van der Waals surface area contributed by atoms with Crippen LogP contribution in [0.1, 0.15) is 5.56 Å². The number of thiazole rings is 1. The van der Waals surface area contributed by atoms with Crippen LogP contribution in [0.15, 0.2) is 48.8 Å². The number of hydrogen-bond acceptors (Lipinski definition) is 9. The van der Waals surface area contributed by atoms with Gasteiger partial charge < -0.3 is 25.8 Å². The van der Waals surface area contributed by atoms with E-state index >= 15 is 0 Å². The van der Waals surface area contributed by atoms with E-state index in [1.54, 1.807) is 14.2 Å². The van der Waals surface area contributed by atoms with Crippen LogP contribution in [0.2, 0.25) is 0 Å². The summed E-state index contributed by atoms with van der Waals surface area (Å²) in [5.41, 5.74) is 8.66. The number of nitrogens with zero attached hydrogens (tertiary/aromatic N) is 3. The second-order valence-corrected chi connectivity index (χ2v) is 7.19. The van der Waals surface area contributed by atoms with Gasteiger partial charge in [0.15, 0.2) is 16.8 Å². The Labute approximate surface area is 171 Å². The van der Waals surface area contributed by atoms with Crippen molar-refractivity contribution in [2.24, 2.45) is 0 Å². The van der Waals surface area contributed by atoms with Gasteiger partial charge in [0.2, 0.25) is 0 Å². The molecule has 0 atom stereocenters. The van der Waals surface area contributed by atoms with Gasteiger partial charge in [0, 0.05) is 6.54 Å². The zero-order valence-corrected chi connectivity index (χ0v) is 16.8. The maximum Gasteiger partial charge on any atom is 0.189 e. The molecular formula is C20H20N6O2S. The number of fused-ring (bicyclic) bond motifs is 1. The largest absolute Gasteiger partial charge is 0.497 e. The van der Waals surface area contributed by atoms with Crippen molar-refractivity contribution in [1.82, 2.24) is 15.0 Å². The number of ether oxygens (including phenoxy) is 2. The lowest BCUT2D eigenvalue weighted by molar-refractivity contribution is 0.414. The fraction of sp³-hybridized carbons (Fsp3) is 0.150. The molecule has 9 heteroatoms. The number of nitrogen functional groups attached to an aromatic ring is 1. The lowest BCUT2D eigenvalue weighted by Gasteiger charge is -2.11. The van der Waals surface area contributed by atoms with Crippen molar-refractivity contribution in [1.29, 1.82) is 0 Å². The van der Waals surface area contributed by atoms with Gasteiger partial charge in [-0.25, -0.2) is 15.0 Å². The number of benzene rings is 2. The molecule has 0 aliphatic carbocycles. The molecule has 4 rings (SSSR count). The third kappa shape index (κ3) is 4.14. The van der Waals surface area contributed by atoms with E-state index in [1.807, 2.05) is 42.5 Å². The van der Waals surface area contributed by atoms with Crippen molar-refractivity contribution in [2.75, 3.05) is 30.6 Å². The lowest BCUT2D eigenvalue weighted by atomic mass is 10.2. The molecule has 0 saturated heterocycles. The molecule has 0 aliphatic rings. The van der Waals surface area contributed by atoms with Crippen molar-refractivity contribution in [3.8, 4) is 11.5 Å². The Kier molecular flexibility index (Phi) is 5.30. The zero-order chi connectivity index (χ0) is 20.2. The van der Waals surface area contributed by atoms with Gasteiger partial charge in [-0.3, -0.25) is 0 Å². The molecule has 0 bridgehead atoms. The molecule has 0 saturated carbocycles. The Balaban J connectivity index is 1.50. The number of methoxy groups -OCH3 is 2. The quantitative estimate of drug-likeness (QED) is 0.421. The summed E-state index contributed by atoms with van der Waals surface area (Å²) in [5, 5.41) is 7.13. The average Bonchev–Trinajstić information content (AvgIpc) is 3.16. The van der Waals surface area contributed by atoms with E-state index < -0.39 is 0 Å². The van der Waals surface area contributed by atoms with Crippen LogP contribution >= 0.6 is 11.3 Å². The van der Waals surface area contributed by atoms with E-state index in [4.69, 9.17) is 15.2 Å². The summed E-state index contributed by atoms with van der Waals surface area (Å²) in [6, 6.07) is 13.5. The maximum absolute atomic E-state index is 6.27. The minimum atomic E-state index is 0.429. The smallest absolute Gasteiger partial charge is 0.189 e. The highest BCUT2D eigenvalue weighted by Crippen LogP contribution is 2.32. The molecule has 0 fully saturated rings. The summed E-state index contributed by atoms with van der Waals surface area (Å²) in [5.74, 6) is 2.67. The number of anilines is 4. The van der Waals surface area contributed by atoms with Gasteiger partial charge in [0.05, 0.1) is 24.4 Å². The fourth-order valence-corrected chi connectivity index (χ4v) is 3.65. The maximum atomic E-state index is 6.27. The van der Waals surface area contributed by atoms with Crippen LogP contribution in [0.3, 0.4) is 0 Å². The molecule has 0 aliphatic heterocycles. The molecule has 2 aromatic heterocycles. The van der Waals surface area contributed by atoms with E-state index in [0.717, 1.165) is 27.3 Å². The third-order valence-electron chi connectivity index (χ3n) is 4.32. The highest BCUT2D eigenvalue weighted by molar-refractivity contribution is 7.22. The van der Waals surface area contributed by atoms with E-state index in [1.165, 1.54) is 17.7 Å². The summed E-state index contributed by atoms with van der Waals surface area (Å²) in [6.45, 7) is 0.575. The van der Waals surface area contributed by atoms with Crippen LogP contribution in [0.4, 0.5) is 22.5 Å². The normalized spacial score (nSPS) is 10.7. The fourth-order valence-electron chi connectivity index (χ4n) is 2.75. The monoisotopic (exact) mass is 408 g/mol. The van der Waals surface area contributed by atoms with Crippen LogP contribution in [-0.4, -0.2) is 29.2 Å². The lowest BCUT2D eigenvalue weighted by Crippen LogP contribution is -2.08. The minimum absolute atomic E-state index is 0.429. The Morgan fingerprint density at radius 3 is 2.45 bits per heavy atom. The Morgan fingerprint density at radius 2 is 1.69 bits per heavy atom. The van der Waals surface area contributed by atoms with Gasteiger partial charge in [-0.2, -0.15) is 0 Å². The number of aromatic nitrogens is 3. The molecule has 8 nitrogen and oxygen atoms in total. The Morgan fingerprint density at radius 1 is 0.966 bits per heavy atom.